The third-order valence-electron chi connectivity index (χ3n) is 3.71. The summed E-state index contributed by atoms with van der Waals surface area (Å²) in [5, 5.41) is 6.83. The van der Waals surface area contributed by atoms with Gasteiger partial charge in [0.15, 0.2) is 9.84 Å². The summed E-state index contributed by atoms with van der Waals surface area (Å²) in [6.45, 7) is 5.45. The minimum absolute atomic E-state index is 0.0367. The molecule has 0 unspecified atom stereocenters. The van der Waals surface area contributed by atoms with Gasteiger partial charge < -0.3 is 5.32 Å². The third kappa shape index (κ3) is 3.36. The van der Waals surface area contributed by atoms with Crippen LogP contribution in [0.2, 0.25) is 0 Å². The van der Waals surface area contributed by atoms with Crippen LogP contribution >= 0.6 is 0 Å². The van der Waals surface area contributed by atoms with Crippen molar-refractivity contribution in [3.8, 4) is 0 Å². The van der Waals surface area contributed by atoms with Crippen LogP contribution in [0.25, 0.3) is 5.78 Å². The fourth-order valence-corrected chi connectivity index (χ4v) is 3.05. The van der Waals surface area contributed by atoms with Crippen LogP contribution in [0.4, 0.5) is 5.69 Å². The van der Waals surface area contributed by atoms with Crippen LogP contribution in [-0.4, -0.2) is 40.2 Å². The summed E-state index contributed by atoms with van der Waals surface area (Å²) in [6.07, 6.45) is 1.11. The number of benzene rings is 1. The van der Waals surface area contributed by atoms with Gasteiger partial charge in [-0.3, -0.25) is 4.79 Å². The number of hydrogen-bond donors (Lipinski definition) is 1. The molecule has 0 saturated carbocycles. The van der Waals surface area contributed by atoms with E-state index in [2.05, 4.69) is 20.4 Å². The number of hydrogen-bond acceptors (Lipinski definition) is 6. The van der Waals surface area contributed by atoms with Gasteiger partial charge in [-0.25, -0.2) is 17.9 Å². The predicted molar refractivity (Wildman–Crippen MR) is 92.5 cm³/mol. The quantitative estimate of drug-likeness (QED) is 0.763. The summed E-state index contributed by atoms with van der Waals surface area (Å²) in [5.41, 5.74) is 2.72. The maximum Gasteiger partial charge on any atom is 0.295 e. The van der Waals surface area contributed by atoms with Crippen LogP contribution < -0.4 is 5.32 Å². The number of anilines is 1. The molecule has 0 saturated heterocycles. The smallest absolute Gasteiger partial charge is 0.295 e. The van der Waals surface area contributed by atoms with Gasteiger partial charge in [0.1, 0.15) is 0 Å². The van der Waals surface area contributed by atoms with Crippen LogP contribution in [0.1, 0.15) is 27.6 Å². The second-order valence-electron chi connectivity index (χ2n) is 5.89. The van der Waals surface area contributed by atoms with Crippen molar-refractivity contribution < 1.29 is 13.2 Å². The van der Waals surface area contributed by atoms with Gasteiger partial charge in [0.05, 0.1) is 4.90 Å². The van der Waals surface area contributed by atoms with Gasteiger partial charge in [-0.15, -0.1) is 5.10 Å². The van der Waals surface area contributed by atoms with Crippen LogP contribution in [0.3, 0.4) is 0 Å². The Morgan fingerprint density at radius 3 is 2.52 bits per heavy atom. The summed E-state index contributed by atoms with van der Waals surface area (Å²) in [5.74, 6) is -0.231. The Morgan fingerprint density at radius 1 is 1.12 bits per heavy atom. The lowest BCUT2D eigenvalue weighted by Crippen LogP contribution is -2.15. The van der Waals surface area contributed by atoms with E-state index >= 15 is 0 Å². The van der Waals surface area contributed by atoms with E-state index in [0.29, 0.717) is 11.5 Å². The SMILES string of the molecule is Cc1cc(C)n2nc(C(=O)Nc3cc(S(C)(=O)=O)ccc3C)nc2n1. The molecule has 0 fully saturated rings. The Kier molecular flexibility index (Phi) is 4.03. The van der Waals surface area contributed by atoms with Crippen molar-refractivity contribution in [2.45, 2.75) is 25.7 Å². The Balaban J connectivity index is 1.97. The highest BCUT2D eigenvalue weighted by Gasteiger charge is 2.17. The lowest BCUT2D eigenvalue weighted by atomic mass is 10.2. The number of fused-ring (bicyclic) bond motifs is 1. The Labute approximate surface area is 144 Å². The Bertz CT molecular complexity index is 1100. The summed E-state index contributed by atoms with van der Waals surface area (Å²) in [7, 11) is -3.37. The molecule has 9 heteroatoms. The molecule has 2 heterocycles. The van der Waals surface area contributed by atoms with Crippen LogP contribution in [0.15, 0.2) is 29.2 Å². The number of carbonyl (C=O) groups is 1. The molecule has 0 aliphatic carbocycles. The molecule has 0 aliphatic rings. The van der Waals surface area contributed by atoms with Crippen molar-refractivity contribution in [2.24, 2.45) is 0 Å². The molecule has 3 aromatic rings. The lowest BCUT2D eigenvalue weighted by Gasteiger charge is -2.08. The van der Waals surface area contributed by atoms with Crippen LogP contribution in [0, 0.1) is 20.8 Å². The number of rotatable bonds is 3. The minimum Gasteiger partial charge on any atom is -0.319 e. The number of aryl methyl sites for hydroxylation is 3. The minimum atomic E-state index is -3.37. The van der Waals surface area contributed by atoms with Gasteiger partial charge in [0.2, 0.25) is 5.82 Å². The predicted octanol–water partition coefficient (Wildman–Crippen LogP) is 1.71. The second kappa shape index (κ2) is 5.92. The van der Waals surface area contributed by atoms with E-state index in [0.717, 1.165) is 23.2 Å². The van der Waals surface area contributed by atoms with Gasteiger partial charge in [-0.05, 0) is 44.5 Å². The molecule has 0 bridgehead atoms. The van der Waals surface area contributed by atoms with Crippen LogP contribution in [-0.2, 0) is 9.84 Å². The molecule has 1 N–H and O–H groups in total. The summed E-state index contributed by atoms with van der Waals surface area (Å²) < 4.78 is 24.9. The third-order valence-corrected chi connectivity index (χ3v) is 4.82. The highest BCUT2D eigenvalue weighted by atomic mass is 32.2. The normalized spacial score (nSPS) is 11.7. The highest BCUT2D eigenvalue weighted by Crippen LogP contribution is 2.20. The molecule has 130 valence electrons. The fraction of sp³-hybridized carbons (Fsp3) is 0.250. The van der Waals surface area contributed by atoms with Gasteiger partial charge in [0, 0.05) is 23.3 Å². The van der Waals surface area contributed by atoms with Gasteiger partial charge in [-0.1, -0.05) is 6.07 Å². The Hall–Kier alpha value is -2.81. The molecule has 0 radical (unpaired) electrons. The molecule has 0 spiro atoms. The highest BCUT2D eigenvalue weighted by molar-refractivity contribution is 7.90. The molecule has 1 amide bonds. The van der Waals surface area contributed by atoms with E-state index in [1.807, 2.05) is 19.9 Å². The van der Waals surface area contributed by atoms with Crippen molar-refractivity contribution in [1.29, 1.82) is 0 Å². The summed E-state index contributed by atoms with van der Waals surface area (Å²) in [4.78, 5) is 21.0. The first-order valence-electron chi connectivity index (χ1n) is 7.48. The van der Waals surface area contributed by atoms with Gasteiger partial charge >= 0.3 is 0 Å². The first-order valence-corrected chi connectivity index (χ1v) is 9.37. The molecule has 1 aromatic carbocycles. The van der Waals surface area contributed by atoms with Gasteiger partial charge in [0.25, 0.3) is 11.7 Å². The molecule has 8 nitrogen and oxygen atoms in total. The maximum absolute atomic E-state index is 12.5. The number of sulfone groups is 1. The molecular weight excluding hydrogens is 342 g/mol. The standard InChI is InChI=1S/C16H17N5O3S/c1-9-5-6-12(25(4,23)24)8-13(9)18-15(22)14-19-16-17-10(2)7-11(3)21(16)20-14/h5-8H,1-4H3,(H,18,22). The van der Waals surface area contributed by atoms with Crippen molar-refractivity contribution in [2.75, 3.05) is 11.6 Å². The topological polar surface area (TPSA) is 106 Å². The molecule has 3 rings (SSSR count). The monoisotopic (exact) mass is 359 g/mol. The largest absolute Gasteiger partial charge is 0.319 e. The van der Waals surface area contributed by atoms with Crippen LogP contribution in [0.5, 0.6) is 0 Å². The fourth-order valence-electron chi connectivity index (χ4n) is 2.41. The first kappa shape index (κ1) is 17.0. The zero-order valence-corrected chi connectivity index (χ0v) is 15.0. The van der Waals surface area contributed by atoms with E-state index in [-0.39, 0.29) is 10.7 Å². The molecule has 2 aromatic heterocycles. The van der Waals surface area contributed by atoms with E-state index in [9.17, 15) is 13.2 Å². The number of nitrogens with zero attached hydrogens (tertiary/aromatic N) is 4. The number of carbonyl (C=O) groups excluding carboxylic acids is 1. The average molecular weight is 359 g/mol. The van der Waals surface area contributed by atoms with Crippen molar-refractivity contribution in [3.05, 3.63) is 47.0 Å². The molecule has 0 aliphatic heterocycles. The molecular formula is C16H17N5O3S. The number of aromatic nitrogens is 4. The van der Waals surface area contributed by atoms with Gasteiger partial charge in [-0.2, -0.15) is 4.98 Å². The average Bonchev–Trinajstić information content (AvgIpc) is 2.92. The van der Waals surface area contributed by atoms with Crippen molar-refractivity contribution in [1.82, 2.24) is 19.6 Å². The second-order valence-corrected chi connectivity index (χ2v) is 7.90. The van der Waals surface area contributed by atoms with E-state index in [1.54, 1.807) is 13.0 Å². The van der Waals surface area contributed by atoms with E-state index in [4.69, 9.17) is 0 Å². The van der Waals surface area contributed by atoms with E-state index in [1.165, 1.54) is 16.6 Å². The lowest BCUT2D eigenvalue weighted by molar-refractivity contribution is 0.101. The zero-order valence-electron chi connectivity index (χ0n) is 14.2. The van der Waals surface area contributed by atoms with E-state index < -0.39 is 15.7 Å². The Morgan fingerprint density at radius 2 is 1.84 bits per heavy atom. The zero-order chi connectivity index (χ0) is 18.4. The first-order chi connectivity index (χ1) is 11.6. The molecule has 25 heavy (non-hydrogen) atoms. The summed E-state index contributed by atoms with van der Waals surface area (Å²) >= 11 is 0. The number of nitrogens with one attached hydrogen (secondary N) is 1. The summed E-state index contributed by atoms with van der Waals surface area (Å²) in [6, 6.07) is 6.40. The van der Waals surface area contributed by atoms with Crippen molar-refractivity contribution in [3.63, 3.8) is 0 Å². The number of amides is 1. The van der Waals surface area contributed by atoms with Crippen molar-refractivity contribution >= 4 is 27.2 Å². The molecule has 0 atom stereocenters. The maximum atomic E-state index is 12.5.